The molecule has 3 rings (SSSR count). The van der Waals surface area contributed by atoms with E-state index in [4.69, 9.17) is 31.3 Å². The lowest BCUT2D eigenvalue weighted by molar-refractivity contribution is 0.173. The fourth-order valence-electron chi connectivity index (χ4n) is 2.25. The summed E-state index contributed by atoms with van der Waals surface area (Å²) in [7, 11) is 0. The topological polar surface area (TPSA) is 83.4 Å². The van der Waals surface area contributed by atoms with Gasteiger partial charge in [0.1, 0.15) is 0 Å². The molecule has 2 heterocycles. The van der Waals surface area contributed by atoms with Gasteiger partial charge < -0.3 is 19.7 Å². The highest BCUT2D eigenvalue weighted by molar-refractivity contribution is 6.32. The Morgan fingerprint density at radius 3 is 2.75 bits per heavy atom. The van der Waals surface area contributed by atoms with Crippen LogP contribution in [0.3, 0.4) is 0 Å². The second kappa shape index (κ2) is 4.96. The third kappa shape index (κ3) is 2.01. The van der Waals surface area contributed by atoms with E-state index in [0.29, 0.717) is 28.2 Å². The first-order valence-electron chi connectivity index (χ1n) is 6.26. The van der Waals surface area contributed by atoms with Gasteiger partial charge in [-0.05, 0) is 12.0 Å². The summed E-state index contributed by atoms with van der Waals surface area (Å²) >= 11 is 6.23. The molecule has 1 aliphatic rings. The molecule has 20 heavy (non-hydrogen) atoms. The maximum atomic E-state index is 6.23. The predicted molar refractivity (Wildman–Crippen MR) is 72.8 cm³/mol. The Bertz CT molecular complexity index is 655. The van der Waals surface area contributed by atoms with Crippen LogP contribution in [0.1, 0.15) is 31.2 Å². The smallest absolute Gasteiger partial charge is 0.240 e. The van der Waals surface area contributed by atoms with Gasteiger partial charge in [-0.1, -0.05) is 30.6 Å². The van der Waals surface area contributed by atoms with Crippen molar-refractivity contribution in [2.24, 2.45) is 5.73 Å². The van der Waals surface area contributed by atoms with Crippen molar-refractivity contribution in [3.05, 3.63) is 22.5 Å². The standard InChI is InChI=1S/C13H14ClN3O3/c1-6(2)10-7(13-16-9(4-15)20-17-13)3-8(14)11-12(10)19-5-18-11/h3,6H,4-5,15H2,1-2H3. The molecule has 0 saturated carbocycles. The minimum atomic E-state index is 0.165. The zero-order chi connectivity index (χ0) is 14.3. The highest BCUT2D eigenvalue weighted by Crippen LogP contribution is 2.48. The van der Waals surface area contributed by atoms with Crippen molar-refractivity contribution < 1.29 is 14.0 Å². The van der Waals surface area contributed by atoms with E-state index < -0.39 is 0 Å². The quantitative estimate of drug-likeness (QED) is 0.937. The van der Waals surface area contributed by atoms with E-state index in [1.807, 2.05) is 0 Å². The van der Waals surface area contributed by atoms with E-state index in [-0.39, 0.29) is 19.3 Å². The molecule has 0 atom stereocenters. The largest absolute Gasteiger partial charge is 0.453 e. The van der Waals surface area contributed by atoms with E-state index in [9.17, 15) is 0 Å². The lowest BCUT2D eigenvalue weighted by Gasteiger charge is -2.14. The molecule has 0 unspecified atom stereocenters. The SMILES string of the molecule is CC(C)c1c(-c2noc(CN)n2)cc(Cl)c2c1OCO2. The number of fused-ring (bicyclic) bond motifs is 1. The Balaban J connectivity index is 2.22. The fourth-order valence-corrected chi connectivity index (χ4v) is 2.50. The maximum Gasteiger partial charge on any atom is 0.240 e. The number of aromatic nitrogens is 2. The van der Waals surface area contributed by atoms with E-state index in [0.717, 1.165) is 11.1 Å². The second-order valence-corrected chi connectivity index (χ2v) is 5.16. The molecule has 0 amide bonds. The number of rotatable bonds is 3. The molecule has 0 spiro atoms. The lowest BCUT2D eigenvalue weighted by Crippen LogP contribution is -1.99. The van der Waals surface area contributed by atoms with Crippen molar-refractivity contribution >= 4 is 11.6 Å². The van der Waals surface area contributed by atoms with E-state index in [1.165, 1.54) is 0 Å². The summed E-state index contributed by atoms with van der Waals surface area (Å²) in [5.41, 5.74) is 7.22. The van der Waals surface area contributed by atoms with Gasteiger partial charge in [0, 0.05) is 11.1 Å². The lowest BCUT2D eigenvalue weighted by atomic mass is 9.95. The molecule has 0 fully saturated rings. The zero-order valence-corrected chi connectivity index (χ0v) is 11.9. The van der Waals surface area contributed by atoms with Crippen LogP contribution in [0.5, 0.6) is 11.5 Å². The van der Waals surface area contributed by atoms with E-state index in [2.05, 4.69) is 24.0 Å². The van der Waals surface area contributed by atoms with Crippen LogP contribution < -0.4 is 15.2 Å². The van der Waals surface area contributed by atoms with Crippen LogP contribution >= 0.6 is 11.6 Å². The van der Waals surface area contributed by atoms with E-state index >= 15 is 0 Å². The van der Waals surface area contributed by atoms with Crippen LogP contribution in [0.2, 0.25) is 5.02 Å². The van der Waals surface area contributed by atoms with Crippen molar-refractivity contribution in [2.75, 3.05) is 6.79 Å². The molecular formula is C13H14ClN3O3. The minimum absolute atomic E-state index is 0.165. The first-order chi connectivity index (χ1) is 9.61. The number of benzene rings is 1. The molecule has 0 radical (unpaired) electrons. The van der Waals surface area contributed by atoms with Gasteiger partial charge in [-0.15, -0.1) is 0 Å². The highest BCUT2D eigenvalue weighted by Gasteiger charge is 2.28. The van der Waals surface area contributed by atoms with Crippen LogP contribution in [0.25, 0.3) is 11.4 Å². The molecule has 2 N–H and O–H groups in total. The second-order valence-electron chi connectivity index (χ2n) is 4.75. The number of hydrogen-bond donors (Lipinski definition) is 1. The van der Waals surface area contributed by atoms with Gasteiger partial charge in [-0.25, -0.2) is 0 Å². The van der Waals surface area contributed by atoms with Gasteiger partial charge in [0.25, 0.3) is 0 Å². The van der Waals surface area contributed by atoms with Gasteiger partial charge in [0.05, 0.1) is 11.6 Å². The van der Waals surface area contributed by atoms with E-state index in [1.54, 1.807) is 6.07 Å². The summed E-state index contributed by atoms with van der Waals surface area (Å²) in [4.78, 5) is 4.25. The third-order valence-electron chi connectivity index (χ3n) is 3.10. The Labute approximate surface area is 120 Å². The number of ether oxygens (including phenoxy) is 2. The van der Waals surface area contributed by atoms with Crippen molar-refractivity contribution in [3.8, 4) is 22.9 Å². The number of nitrogens with two attached hydrogens (primary N) is 1. The Morgan fingerprint density at radius 1 is 1.35 bits per heavy atom. The molecule has 6 nitrogen and oxygen atoms in total. The molecule has 0 saturated heterocycles. The minimum Gasteiger partial charge on any atom is -0.453 e. The first kappa shape index (κ1) is 13.2. The van der Waals surface area contributed by atoms with Gasteiger partial charge >= 0.3 is 0 Å². The maximum absolute atomic E-state index is 6.23. The normalized spacial score (nSPS) is 13.2. The fraction of sp³-hybridized carbons (Fsp3) is 0.385. The van der Waals surface area contributed by atoms with Crippen LogP contribution in [0.15, 0.2) is 10.6 Å². The molecule has 0 bridgehead atoms. The molecule has 1 aliphatic heterocycles. The van der Waals surface area contributed by atoms with Crippen LogP contribution in [0, 0.1) is 0 Å². The average molecular weight is 296 g/mol. The predicted octanol–water partition coefficient (Wildman–Crippen LogP) is 2.70. The molecule has 1 aromatic heterocycles. The van der Waals surface area contributed by atoms with Crippen LogP contribution in [0.4, 0.5) is 0 Å². The van der Waals surface area contributed by atoms with Gasteiger partial charge in [-0.3, -0.25) is 0 Å². The summed E-state index contributed by atoms with van der Waals surface area (Å²) in [5, 5.41) is 4.41. The number of hydrogen-bond acceptors (Lipinski definition) is 6. The summed E-state index contributed by atoms with van der Waals surface area (Å²) in [6.07, 6.45) is 0. The first-order valence-corrected chi connectivity index (χ1v) is 6.64. The van der Waals surface area contributed by atoms with Gasteiger partial charge in [0.15, 0.2) is 11.5 Å². The van der Waals surface area contributed by atoms with Gasteiger partial charge in [0.2, 0.25) is 18.5 Å². The third-order valence-corrected chi connectivity index (χ3v) is 3.38. The summed E-state index contributed by atoms with van der Waals surface area (Å²) in [6, 6.07) is 1.77. The number of halogens is 1. The molecular weight excluding hydrogens is 282 g/mol. The molecule has 106 valence electrons. The summed E-state index contributed by atoms with van der Waals surface area (Å²) < 4.78 is 16.0. The monoisotopic (exact) mass is 295 g/mol. The van der Waals surface area contributed by atoms with Crippen LogP contribution in [-0.4, -0.2) is 16.9 Å². The summed E-state index contributed by atoms with van der Waals surface area (Å²) in [5.74, 6) is 2.25. The number of nitrogens with zero attached hydrogens (tertiary/aromatic N) is 2. The molecule has 7 heteroatoms. The van der Waals surface area contributed by atoms with Gasteiger partial charge in [-0.2, -0.15) is 4.98 Å². The zero-order valence-electron chi connectivity index (χ0n) is 11.1. The summed E-state index contributed by atoms with van der Waals surface area (Å²) in [6.45, 7) is 4.47. The van der Waals surface area contributed by atoms with Crippen molar-refractivity contribution in [3.63, 3.8) is 0 Å². The average Bonchev–Trinajstić information content (AvgIpc) is 3.06. The Hall–Kier alpha value is -1.79. The van der Waals surface area contributed by atoms with Crippen molar-refractivity contribution in [2.45, 2.75) is 26.3 Å². The van der Waals surface area contributed by atoms with Crippen LogP contribution in [-0.2, 0) is 6.54 Å². The molecule has 0 aliphatic carbocycles. The molecule has 1 aromatic carbocycles. The molecule has 2 aromatic rings. The Kier molecular flexibility index (Phi) is 3.27. The Morgan fingerprint density at radius 2 is 2.10 bits per heavy atom. The highest BCUT2D eigenvalue weighted by atomic mass is 35.5. The van der Waals surface area contributed by atoms with Crippen molar-refractivity contribution in [1.82, 2.24) is 10.1 Å². The van der Waals surface area contributed by atoms with Crippen molar-refractivity contribution in [1.29, 1.82) is 0 Å².